The van der Waals surface area contributed by atoms with Crippen molar-refractivity contribution >= 4 is 11.8 Å². The van der Waals surface area contributed by atoms with Crippen LogP contribution in [-0.2, 0) is 19.2 Å². The number of rotatable bonds is 7. The molecule has 0 atom stereocenters. The molecule has 0 bridgehead atoms. The monoisotopic (exact) mass is 191 g/mol. The van der Waals surface area contributed by atoms with Crippen molar-refractivity contribution in [1.29, 1.82) is 0 Å². The third-order valence-electron chi connectivity index (χ3n) is 0.896. The van der Waals surface area contributed by atoms with Gasteiger partial charge in [0.2, 0.25) is 5.91 Å². The quantitative estimate of drug-likeness (QED) is 0.303. The van der Waals surface area contributed by atoms with Gasteiger partial charge in [-0.25, -0.2) is 5.48 Å². The highest BCUT2D eigenvalue weighted by Gasteiger charge is 2.01. The Morgan fingerprint density at radius 1 is 1.31 bits per heavy atom. The van der Waals surface area contributed by atoms with Crippen molar-refractivity contribution in [2.24, 2.45) is 11.5 Å². The van der Waals surface area contributed by atoms with Crippen molar-refractivity contribution in [3.63, 3.8) is 0 Å². The summed E-state index contributed by atoms with van der Waals surface area (Å²) < 4.78 is 4.77. The zero-order valence-electron chi connectivity index (χ0n) is 7.12. The lowest BCUT2D eigenvalue weighted by molar-refractivity contribution is -0.141. The van der Waals surface area contributed by atoms with E-state index in [9.17, 15) is 9.59 Å². The van der Waals surface area contributed by atoms with Gasteiger partial charge in [0.1, 0.15) is 6.61 Å². The summed E-state index contributed by atoms with van der Waals surface area (Å²) in [6.07, 6.45) is 0. The Morgan fingerprint density at radius 3 is 2.54 bits per heavy atom. The van der Waals surface area contributed by atoms with E-state index < -0.39 is 11.8 Å². The Hall–Kier alpha value is -1.18. The molecule has 2 amide bonds. The molecule has 7 nitrogen and oxygen atoms in total. The van der Waals surface area contributed by atoms with E-state index in [2.05, 4.69) is 4.84 Å². The van der Waals surface area contributed by atoms with Crippen molar-refractivity contribution in [3.05, 3.63) is 0 Å². The SMILES string of the molecule is NCCOCC(=O)NOCC(N)=O. The summed E-state index contributed by atoms with van der Waals surface area (Å²) in [4.78, 5) is 25.3. The number of hydroxylamine groups is 1. The molecule has 0 heterocycles. The van der Waals surface area contributed by atoms with Crippen molar-refractivity contribution < 1.29 is 19.2 Å². The number of carbonyl (C=O) groups excluding carboxylic acids is 2. The third-order valence-corrected chi connectivity index (χ3v) is 0.896. The minimum absolute atomic E-state index is 0.157. The number of hydrogen-bond donors (Lipinski definition) is 3. The lowest BCUT2D eigenvalue weighted by Gasteiger charge is -2.03. The molecule has 5 N–H and O–H groups in total. The molecule has 0 fully saturated rings. The topological polar surface area (TPSA) is 117 Å². The van der Waals surface area contributed by atoms with Gasteiger partial charge in [0.15, 0.2) is 6.61 Å². The van der Waals surface area contributed by atoms with E-state index in [1.165, 1.54) is 0 Å². The van der Waals surface area contributed by atoms with Crippen LogP contribution in [0.25, 0.3) is 0 Å². The third kappa shape index (κ3) is 8.73. The number of primary amides is 1. The predicted molar refractivity (Wildman–Crippen MR) is 43.2 cm³/mol. The van der Waals surface area contributed by atoms with Crippen molar-refractivity contribution in [2.75, 3.05) is 26.4 Å². The second-order valence-corrected chi connectivity index (χ2v) is 2.12. The molecule has 0 rings (SSSR count). The van der Waals surface area contributed by atoms with Crippen LogP contribution in [0.1, 0.15) is 0 Å². The van der Waals surface area contributed by atoms with Crippen LogP contribution < -0.4 is 16.9 Å². The Bertz CT molecular complexity index is 173. The van der Waals surface area contributed by atoms with Gasteiger partial charge in [0, 0.05) is 6.54 Å². The number of nitrogens with one attached hydrogen (secondary N) is 1. The van der Waals surface area contributed by atoms with Crippen LogP contribution in [0, 0.1) is 0 Å². The number of nitrogens with two attached hydrogens (primary N) is 2. The fourth-order valence-electron chi connectivity index (χ4n) is 0.465. The van der Waals surface area contributed by atoms with E-state index in [-0.39, 0.29) is 13.2 Å². The van der Waals surface area contributed by atoms with Gasteiger partial charge in [0.05, 0.1) is 6.61 Å². The standard InChI is InChI=1S/C6H13N3O4/c7-1-2-12-4-6(11)9-13-3-5(8)10/h1-4,7H2,(H2,8,10)(H,9,11). The van der Waals surface area contributed by atoms with Crippen LogP contribution in [0.5, 0.6) is 0 Å². The average Bonchev–Trinajstić information content (AvgIpc) is 2.04. The number of ether oxygens (including phenoxy) is 1. The maximum Gasteiger partial charge on any atom is 0.269 e. The molecule has 0 aromatic heterocycles. The minimum Gasteiger partial charge on any atom is -0.370 e. The molecule has 0 aliphatic carbocycles. The molecule has 0 radical (unpaired) electrons. The first-order valence-corrected chi connectivity index (χ1v) is 3.63. The second-order valence-electron chi connectivity index (χ2n) is 2.12. The van der Waals surface area contributed by atoms with E-state index in [1.54, 1.807) is 0 Å². The molecule has 0 unspecified atom stereocenters. The molecule has 0 aliphatic rings. The summed E-state index contributed by atoms with van der Waals surface area (Å²) in [5.74, 6) is -1.15. The summed E-state index contributed by atoms with van der Waals surface area (Å²) >= 11 is 0. The van der Waals surface area contributed by atoms with Gasteiger partial charge in [-0.1, -0.05) is 0 Å². The Labute approximate surface area is 75.3 Å². The maximum atomic E-state index is 10.7. The molecule has 0 saturated carbocycles. The summed E-state index contributed by atoms with van der Waals surface area (Å²) in [5, 5.41) is 0. The second kappa shape index (κ2) is 7.47. The van der Waals surface area contributed by atoms with Gasteiger partial charge >= 0.3 is 0 Å². The lowest BCUT2D eigenvalue weighted by Crippen LogP contribution is -2.32. The van der Waals surface area contributed by atoms with E-state index in [0.717, 1.165) is 0 Å². The fraction of sp³-hybridized carbons (Fsp3) is 0.667. The highest BCUT2D eigenvalue weighted by Crippen LogP contribution is 1.74. The molecule has 0 aromatic carbocycles. The Morgan fingerprint density at radius 2 is 2.00 bits per heavy atom. The van der Waals surface area contributed by atoms with E-state index in [0.29, 0.717) is 13.2 Å². The maximum absolute atomic E-state index is 10.7. The molecular weight excluding hydrogens is 178 g/mol. The van der Waals surface area contributed by atoms with Crippen molar-refractivity contribution in [3.8, 4) is 0 Å². The predicted octanol–water partition coefficient (Wildman–Crippen LogP) is -2.51. The minimum atomic E-state index is -0.664. The molecule has 0 aromatic rings. The lowest BCUT2D eigenvalue weighted by atomic mass is 10.6. The summed E-state index contributed by atoms with van der Waals surface area (Å²) in [6.45, 7) is 0.122. The van der Waals surface area contributed by atoms with Crippen LogP contribution >= 0.6 is 0 Å². The van der Waals surface area contributed by atoms with Crippen LogP contribution in [0.4, 0.5) is 0 Å². The average molecular weight is 191 g/mol. The molecule has 0 spiro atoms. The Kier molecular flexibility index (Phi) is 6.79. The molecule has 7 heteroatoms. The number of carbonyl (C=O) groups is 2. The zero-order chi connectivity index (χ0) is 10.1. The largest absolute Gasteiger partial charge is 0.370 e. The molecular formula is C6H13N3O4. The highest BCUT2D eigenvalue weighted by atomic mass is 16.7. The van der Waals surface area contributed by atoms with Crippen LogP contribution in [0.3, 0.4) is 0 Å². The number of hydrogen-bond acceptors (Lipinski definition) is 5. The van der Waals surface area contributed by atoms with Crippen LogP contribution in [0.15, 0.2) is 0 Å². The van der Waals surface area contributed by atoms with Gasteiger partial charge in [-0.3, -0.25) is 14.4 Å². The first-order chi connectivity index (χ1) is 6.16. The van der Waals surface area contributed by atoms with Gasteiger partial charge in [-0.05, 0) is 0 Å². The summed E-state index contributed by atoms with van der Waals surface area (Å²) in [6, 6.07) is 0. The number of amides is 2. The van der Waals surface area contributed by atoms with E-state index >= 15 is 0 Å². The van der Waals surface area contributed by atoms with E-state index in [1.807, 2.05) is 5.48 Å². The molecule has 0 saturated heterocycles. The van der Waals surface area contributed by atoms with Gasteiger partial charge in [-0.2, -0.15) is 0 Å². The molecule has 13 heavy (non-hydrogen) atoms. The first-order valence-electron chi connectivity index (χ1n) is 3.63. The van der Waals surface area contributed by atoms with Crippen LogP contribution in [-0.4, -0.2) is 38.2 Å². The van der Waals surface area contributed by atoms with Gasteiger partial charge < -0.3 is 16.2 Å². The summed E-state index contributed by atoms with van der Waals surface area (Å²) in [5.41, 5.74) is 11.8. The summed E-state index contributed by atoms with van der Waals surface area (Å²) in [7, 11) is 0. The van der Waals surface area contributed by atoms with Gasteiger partial charge in [-0.15, -0.1) is 0 Å². The van der Waals surface area contributed by atoms with Crippen LogP contribution in [0.2, 0.25) is 0 Å². The fourth-order valence-corrected chi connectivity index (χ4v) is 0.465. The Balaban J connectivity index is 3.25. The zero-order valence-corrected chi connectivity index (χ0v) is 7.12. The normalized spacial score (nSPS) is 9.62. The smallest absolute Gasteiger partial charge is 0.269 e. The molecule has 76 valence electrons. The van der Waals surface area contributed by atoms with Crippen molar-refractivity contribution in [2.45, 2.75) is 0 Å². The first kappa shape index (κ1) is 11.8. The van der Waals surface area contributed by atoms with Gasteiger partial charge in [0.25, 0.3) is 5.91 Å². The highest BCUT2D eigenvalue weighted by molar-refractivity contribution is 5.77. The van der Waals surface area contributed by atoms with E-state index in [4.69, 9.17) is 16.2 Å². The van der Waals surface area contributed by atoms with Crippen molar-refractivity contribution in [1.82, 2.24) is 5.48 Å². The molecule has 0 aliphatic heterocycles.